The fourth-order valence-corrected chi connectivity index (χ4v) is 3.45. The lowest BCUT2D eigenvalue weighted by Crippen LogP contribution is -2.39. The van der Waals surface area contributed by atoms with Crippen LogP contribution in [0.3, 0.4) is 0 Å². The molecule has 1 amide bonds. The molecule has 3 atom stereocenters. The van der Waals surface area contributed by atoms with Crippen molar-refractivity contribution in [1.29, 1.82) is 0 Å². The molecule has 0 aromatic rings. The van der Waals surface area contributed by atoms with Crippen molar-refractivity contribution in [3.63, 3.8) is 0 Å². The normalized spacial score (nSPS) is 31.6. The predicted octanol–water partition coefficient (Wildman–Crippen LogP) is 1.11. The van der Waals surface area contributed by atoms with Gasteiger partial charge in [0, 0.05) is 6.04 Å². The van der Waals surface area contributed by atoms with Gasteiger partial charge in [-0.1, -0.05) is 6.42 Å². The van der Waals surface area contributed by atoms with E-state index < -0.39 is 5.97 Å². The SMILES string of the molecule is O=C(O)CSCC(=O)NC1CC2CCC1C2. The lowest BCUT2D eigenvalue weighted by molar-refractivity contribution is -0.133. The van der Waals surface area contributed by atoms with Crippen LogP contribution >= 0.6 is 11.8 Å². The molecule has 2 aliphatic rings. The van der Waals surface area contributed by atoms with Crippen molar-refractivity contribution in [1.82, 2.24) is 5.32 Å². The number of hydrogen-bond acceptors (Lipinski definition) is 3. The number of thioether (sulfide) groups is 1. The van der Waals surface area contributed by atoms with Crippen LogP contribution in [-0.4, -0.2) is 34.5 Å². The molecule has 2 saturated carbocycles. The highest BCUT2D eigenvalue weighted by Crippen LogP contribution is 2.44. The van der Waals surface area contributed by atoms with Crippen LogP contribution in [0.5, 0.6) is 0 Å². The van der Waals surface area contributed by atoms with E-state index in [2.05, 4.69) is 5.32 Å². The average Bonchev–Trinajstić information content (AvgIpc) is 2.78. The minimum absolute atomic E-state index is 0.00411. The Labute approximate surface area is 99.2 Å². The number of carboxylic acid groups (broad SMARTS) is 1. The Kier molecular flexibility index (Phi) is 3.74. The van der Waals surface area contributed by atoms with Gasteiger partial charge in [0.2, 0.25) is 5.91 Å². The molecule has 2 bridgehead atoms. The van der Waals surface area contributed by atoms with Gasteiger partial charge in [0.05, 0.1) is 11.5 Å². The topological polar surface area (TPSA) is 66.4 Å². The summed E-state index contributed by atoms with van der Waals surface area (Å²) in [6.07, 6.45) is 4.97. The van der Waals surface area contributed by atoms with Crippen molar-refractivity contribution in [2.45, 2.75) is 31.7 Å². The molecule has 90 valence electrons. The van der Waals surface area contributed by atoms with Crippen LogP contribution in [0.1, 0.15) is 25.7 Å². The van der Waals surface area contributed by atoms with E-state index in [0.717, 1.165) is 24.1 Å². The summed E-state index contributed by atoms with van der Waals surface area (Å²) in [5.41, 5.74) is 0. The van der Waals surface area contributed by atoms with Crippen molar-refractivity contribution < 1.29 is 14.7 Å². The molecule has 0 aromatic carbocycles. The number of carbonyl (C=O) groups is 2. The third-order valence-electron chi connectivity index (χ3n) is 3.54. The van der Waals surface area contributed by atoms with Crippen molar-refractivity contribution in [3.05, 3.63) is 0 Å². The summed E-state index contributed by atoms with van der Waals surface area (Å²) in [7, 11) is 0. The maximum absolute atomic E-state index is 11.5. The Bertz CT molecular complexity index is 295. The number of carbonyl (C=O) groups excluding carboxylic acids is 1. The summed E-state index contributed by atoms with van der Waals surface area (Å²) in [6, 6.07) is 0.358. The van der Waals surface area contributed by atoms with Crippen LogP contribution < -0.4 is 5.32 Å². The minimum atomic E-state index is -0.863. The van der Waals surface area contributed by atoms with E-state index in [9.17, 15) is 9.59 Å². The summed E-state index contributed by atoms with van der Waals surface area (Å²) >= 11 is 1.16. The maximum Gasteiger partial charge on any atom is 0.313 e. The summed E-state index contributed by atoms with van der Waals surface area (Å²) in [5, 5.41) is 11.5. The maximum atomic E-state index is 11.5. The van der Waals surface area contributed by atoms with Crippen LogP contribution in [0.4, 0.5) is 0 Å². The van der Waals surface area contributed by atoms with E-state index in [1.54, 1.807) is 0 Å². The number of rotatable bonds is 5. The summed E-state index contributed by atoms with van der Waals surface area (Å²) in [4.78, 5) is 21.8. The lowest BCUT2D eigenvalue weighted by Gasteiger charge is -2.22. The summed E-state index contributed by atoms with van der Waals surface area (Å²) < 4.78 is 0. The van der Waals surface area contributed by atoms with E-state index in [-0.39, 0.29) is 17.4 Å². The first kappa shape index (κ1) is 11.8. The summed E-state index contributed by atoms with van der Waals surface area (Å²) in [6.45, 7) is 0. The highest BCUT2D eigenvalue weighted by atomic mass is 32.2. The highest BCUT2D eigenvalue weighted by molar-refractivity contribution is 8.00. The number of nitrogens with one attached hydrogen (secondary N) is 1. The molecular weight excluding hydrogens is 226 g/mol. The smallest absolute Gasteiger partial charge is 0.313 e. The fraction of sp³-hybridized carbons (Fsp3) is 0.818. The van der Waals surface area contributed by atoms with E-state index in [1.165, 1.54) is 19.3 Å². The van der Waals surface area contributed by atoms with Gasteiger partial charge in [-0.3, -0.25) is 9.59 Å². The number of aliphatic carboxylic acids is 1. The predicted molar refractivity (Wildman–Crippen MR) is 62.3 cm³/mol. The minimum Gasteiger partial charge on any atom is -0.481 e. The molecule has 3 unspecified atom stereocenters. The Morgan fingerprint density at radius 2 is 2.06 bits per heavy atom. The Morgan fingerprint density at radius 3 is 2.62 bits per heavy atom. The zero-order chi connectivity index (χ0) is 11.5. The average molecular weight is 243 g/mol. The zero-order valence-electron chi connectivity index (χ0n) is 9.15. The Balaban J connectivity index is 1.66. The molecule has 0 radical (unpaired) electrons. The second kappa shape index (κ2) is 5.08. The van der Waals surface area contributed by atoms with Gasteiger partial charge in [-0.2, -0.15) is 0 Å². The number of fused-ring (bicyclic) bond motifs is 2. The molecule has 16 heavy (non-hydrogen) atoms. The van der Waals surface area contributed by atoms with Crippen LogP contribution in [0.15, 0.2) is 0 Å². The number of hydrogen-bond donors (Lipinski definition) is 2. The molecule has 0 spiro atoms. The molecule has 0 aliphatic heterocycles. The molecule has 5 heteroatoms. The van der Waals surface area contributed by atoms with Crippen molar-refractivity contribution in [3.8, 4) is 0 Å². The molecule has 2 N–H and O–H groups in total. The van der Waals surface area contributed by atoms with Gasteiger partial charge in [0.25, 0.3) is 0 Å². The van der Waals surface area contributed by atoms with E-state index in [4.69, 9.17) is 5.11 Å². The summed E-state index contributed by atoms with van der Waals surface area (Å²) in [5.74, 6) is 0.895. The second-order valence-corrected chi connectivity index (χ2v) is 5.72. The van der Waals surface area contributed by atoms with Gasteiger partial charge in [0.15, 0.2) is 0 Å². The van der Waals surface area contributed by atoms with Crippen LogP contribution in [0.2, 0.25) is 0 Å². The van der Waals surface area contributed by atoms with Crippen LogP contribution in [0.25, 0.3) is 0 Å². The third-order valence-corrected chi connectivity index (χ3v) is 4.46. The molecule has 2 aliphatic carbocycles. The van der Waals surface area contributed by atoms with Gasteiger partial charge in [-0.15, -0.1) is 11.8 Å². The second-order valence-electron chi connectivity index (χ2n) is 4.74. The van der Waals surface area contributed by atoms with Gasteiger partial charge < -0.3 is 10.4 Å². The number of carboxylic acids is 1. The zero-order valence-corrected chi connectivity index (χ0v) is 9.96. The molecule has 0 heterocycles. The Morgan fingerprint density at radius 1 is 1.25 bits per heavy atom. The molecular formula is C11H17NO3S. The molecule has 4 nitrogen and oxygen atoms in total. The first-order valence-electron chi connectivity index (χ1n) is 5.74. The third kappa shape index (κ3) is 2.90. The first-order valence-corrected chi connectivity index (χ1v) is 6.89. The van der Waals surface area contributed by atoms with E-state index in [1.807, 2.05) is 0 Å². The first-order chi connectivity index (χ1) is 7.65. The van der Waals surface area contributed by atoms with Crippen LogP contribution in [0, 0.1) is 11.8 Å². The lowest BCUT2D eigenvalue weighted by atomic mass is 9.95. The van der Waals surface area contributed by atoms with E-state index >= 15 is 0 Å². The largest absolute Gasteiger partial charge is 0.481 e. The van der Waals surface area contributed by atoms with Gasteiger partial charge in [-0.05, 0) is 31.1 Å². The molecule has 2 fully saturated rings. The molecule has 0 saturated heterocycles. The monoisotopic (exact) mass is 243 g/mol. The highest BCUT2D eigenvalue weighted by Gasteiger charge is 2.39. The quantitative estimate of drug-likeness (QED) is 0.759. The van der Waals surface area contributed by atoms with Crippen molar-refractivity contribution in [2.24, 2.45) is 11.8 Å². The number of amides is 1. The van der Waals surface area contributed by atoms with Crippen molar-refractivity contribution in [2.75, 3.05) is 11.5 Å². The van der Waals surface area contributed by atoms with Gasteiger partial charge in [-0.25, -0.2) is 0 Å². The fourth-order valence-electron chi connectivity index (χ4n) is 2.90. The molecule has 0 aromatic heterocycles. The van der Waals surface area contributed by atoms with Gasteiger partial charge in [0.1, 0.15) is 0 Å². The standard InChI is InChI=1S/C11H17NO3S/c13-10(5-16-6-11(14)15)12-9-4-7-1-2-8(9)3-7/h7-9H,1-6H2,(H,12,13)(H,14,15). The molecule has 2 rings (SSSR count). The van der Waals surface area contributed by atoms with Crippen LogP contribution in [-0.2, 0) is 9.59 Å². The Hall–Kier alpha value is -0.710. The van der Waals surface area contributed by atoms with Gasteiger partial charge >= 0.3 is 5.97 Å². The van der Waals surface area contributed by atoms with E-state index in [0.29, 0.717) is 12.0 Å². The van der Waals surface area contributed by atoms with Crippen molar-refractivity contribution >= 4 is 23.6 Å².